The van der Waals surface area contributed by atoms with Gasteiger partial charge in [0.2, 0.25) is 0 Å². The molecule has 3 aromatic rings. The molecule has 0 amide bonds. The fraction of sp³-hybridized carbons (Fsp3) is 0.409. The number of nitrogens with zero attached hydrogens (tertiary/aromatic N) is 6. The molecule has 2 aromatic heterocycles. The van der Waals surface area contributed by atoms with Crippen molar-refractivity contribution >= 4 is 47.0 Å². The van der Waals surface area contributed by atoms with Gasteiger partial charge in [-0.2, -0.15) is 0 Å². The summed E-state index contributed by atoms with van der Waals surface area (Å²) in [5.74, 6) is 2.75. The van der Waals surface area contributed by atoms with E-state index in [9.17, 15) is 0 Å². The summed E-state index contributed by atoms with van der Waals surface area (Å²) in [6, 6.07) is 14.9. The first-order valence-corrected chi connectivity index (χ1v) is 11.3. The van der Waals surface area contributed by atoms with E-state index in [2.05, 4.69) is 73.2 Å². The molecule has 31 heavy (non-hydrogen) atoms. The lowest BCUT2D eigenvalue weighted by Gasteiger charge is -2.37. The summed E-state index contributed by atoms with van der Waals surface area (Å²) in [7, 11) is 1.99. The van der Waals surface area contributed by atoms with Gasteiger partial charge in [-0.05, 0) is 36.9 Å². The maximum Gasteiger partial charge on any atom is 0.194 e. The van der Waals surface area contributed by atoms with Gasteiger partial charge < -0.3 is 19.7 Å². The molecule has 7 nitrogen and oxygen atoms in total. The van der Waals surface area contributed by atoms with Gasteiger partial charge in [0.15, 0.2) is 11.8 Å². The molecule has 1 fully saturated rings. The molecule has 0 spiro atoms. The second-order valence-electron chi connectivity index (χ2n) is 7.43. The van der Waals surface area contributed by atoms with Crippen molar-refractivity contribution in [3.05, 3.63) is 64.4 Å². The second-order valence-corrected chi connectivity index (χ2v) is 8.46. The molecule has 1 aliphatic heterocycles. The van der Waals surface area contributed by atoms with Crippen LogP contribution in [0.1, 0.15) is 16.5 Å². The van der Waals surface area contributed by atoms with Crippen molar-refractivity contribution < 1.29 is 0 Å². The normalized spacial score (nSPS) is 14.5. The Hall–Kier alpha value is -2.14. The van der Waals surface area contributed by atoms with Crippen LogP contribution in [0, 0.1) is 6.92 Å². The Balaban J connectivity index is 0.00000272. The number of hydrogen-bond donors (Lipinski definition) is 1. The maximum absolute atomic E-state index is 4.90. The highest BCUT2D eigenvalue weighted by Gasteiger charge is 2.20. The number of hydrogen-bond acceptors (Lipinski definition) is 5. The highest BCUT2D eigenvalue weighted by atomic mass is 127. The van der Waals surface area contributed by atoms with Gasteiger partial charge in [0.1, 0.15) is 12.4 Å². The average Bonchev–Trinajstić information content (AvgIpc) is 3.42. The lowest BCUT2D eigenvalue weighted by Crippen LogP contribution is -2.52. The van der Waals surface area contributed by atoms with Crippen LogP contribution in [0.2, 0.25) is 0 Å². The molecule has 1 aromatic carbocycles. The fourth-order valence-electron chi connectivity index (χ4n) is 3.57. The van der Waals surface area contributed by atoms with Crippen LogP contribution in [0.4, 0.5) is 5.69 Å². The predicted octanol–water partition coefficient (Wildman–Crippen LogP) is 3.31. The molecule has 0 saturated carbocycles. The largest absolute Gasteiger partial charge is 0.368 e. The summed E-state index contributed by atoms with van der Waals surface area (Å²) < 4.78 is 2.00. The van der Waals surface area contributed by atoms with Crippen LogP contribution >= 0.6 is 35.3 Å². The first kappa shape index (κ1) is 23.5. The number of para-hydroxylation sites is 1. The number of piperazine rings is 1. The minimum absolute atomic E-state index is 0. The molecule has 1 N–H and O–H groups in total. The Morgan fingerprint density at radius 1 is 1.06 bits per heavy atom. The molecular formula is C22H30IN7S. The number of aromatic nitrogens is 3. The van der Waals surface area contributed by atoms with E-state index in [1.54, 1.807) is 11.3 Å². The highest BCUT2D eigenvalue weighted by molar-refractivity contribution is 14.0. The van der Waals surface area contributed by atoms with E-state index in [4.69, 9.17) is 4.99 Å². The Morgan fingerprint density at radius 3 is 2.48 bits per heavy atom. The molecule has 4 rings (SSSR count). The van der Waals surface area contributed by atoms with Crippen LogP contribution in [-0.2, 0) is 20.0 Å². The van der Waals surface area contributed by atoms with Crippen LogP contribution in [-0.4, -0.2) is 58.3 Å². The minimum atomic E-state index is 0. The predicted molar refractivity (Wildman–Crippen MR) is 139 cm³/mol. The summed E-state index contributed by atoms with van der Waals surface area (Å²) in [6.07, 6.45) is 1.00. The van der Waals surface area contributed by atoms with Crippen molar-refractivity contribution in [2.45, 2.75) is 19.9 Å². The second kappa shape index (κ2) is 11.5. The Labute approximate surface area is 205 Å². The number of anilines is 1. The van der Waals surface area contributed by atoms with Gasteiger partial charge in [-0.25, -0.2) is 4.99 Å². The third kappa shape index (κ3) is 6.19. The summed E-state index contributed by atoms with van der Waals surface area (Å²) >= 11 is 1.80. The zero-order valence-electron chi connectivity index (χ0n) is 18.1. The quantitative estimate of drug-likeness (QED) is 0.290. The van der Waals surface area contributed by atoms with Crippen LogP contribution in [0.5, 0.6) is 0 Å². The number of rotatable bonds is 6. The molecule has 0 radical (unpaired) electrons. The summed E-state index contributed by atoms with van der Waals surface area (Å²) in [4.78, 5) is 11.1. The van der Waals surface area contributed by atoms with E-state index in [1.807, 2.05) is 18.5 Å². The van der Waals surface area contributed by atoms with Crippen LogP contribution < -0.4 is 10.2 Å². The standard InChI is InChI=1S/C22H29N7S.HI/c1-18-25-26-21(27(18)2)17-24-22(23-11-10-20-9-6-16-30-20)29-14-12-28(13-15-29)19-7-4-3-5-8-19;/h3-9,16H,10-15,17H2,1-2H3,(H,23,24);1H. The van der Waals surface area contributed by atoms with Crippen molar-refractivity contribution in [2.24, 2.45) is 12.0 Å². The van der Waals surface area contributed by atoms with Gasteiger partial charge in [0, 0.05) is 50.3 Å². The molecule has 3 heterocycles. The molecule has 0 atom stereocenters. The Bertz CT molecular complexity index is 948. The van der Waals surface area contributed by atoms with Gasteiger partial charge in [0.25, 0.3) is 0 Å². The molecule has 1 aliphatic rings. The summed E-state index contributed by atoms with van der Waals surface area (Å²) in [6.45, 7) is 7.21. The molecule has 166 valence electrons. The van der Waals surface area contributed by atoms with E-state index in [1.165, 1.54) is 10.6 Å². The van der Waals surface area contributed by atoms with E-state index < -0.39 is 0 Å². The fourth-order valence-corrected chi connectivity index (χ4v) is 4.28. The zero-order chi connectivity index (χ0) is 20.8. The number of aliphatic imine (C=N–C) groups is 1. The number of nitrogens with one attached hydrogen (secondary N) is 1. The van der Waals surface area contributed by atoms with Crippen molar-refractivity contribution in [2.75, 3.05) is 37.6 Å². The SMILES string of the molecule is Cc1nnc(CN=C(NCCc2cccs2)N2CCN(c3ccccc3)CC2)n1C.I. The lowest BCUT2D eigenvalue weighted by atomic mass is 10.2. The molecule has 1 saturated heterocycles. The maximum atomic E-state index is 4.90. The van der Waals surface area contributed by atoms with E-state index in [0.29, 0.717) is 6.54 Å². The number of aryl methyl sites for hydroxylation is 1. The van der Waals surface area contributed by atoms with E-state index in [-0.39, 0.29) is 24.0 Å². The number of benzene rings is 1. The lowest BCUT2D eigenvalue weighted by molar-refractivity contribution is 0.371. The van der Waals surface area contributed by atoms with Gasteiger partial charge >= 0.3 is 0 Å². The summed E-state index contributed by atoms with van der Waals surface area (Å²) in [5.41, 5.74) is 1.29. The Kier molecular flexibility index (Phi) is 8.70. The van der Waals surface area contributed by atoms with E-state index >= 15 is 0 Å². The first-order chi connectivity index (χ1) is 14.7. The number of guanidine groups is 1. The van der Waals surface area contributed by atoms with Crippen LogP contribution in [0.15, 0.2) is 52.8 Å². The van der Waals surface area contributed by atoms with Gasteiger partial charge in [0.05, 0.1) is 0 Å². The van der Waals surface area contributed by atoms with Crippen LogP contribution in [0.25, 0.3) is 0 Å². The minimum Gasteiger partial charge on any atom is -0.368 e. The monoisotopic (exact) mass is 551 g/mol. The molecular weight excluding hydrogens is 521 g/mol. The van der Waals surface area contributed by atoms with Crippen molar-refractivity contribution in [1.82, 2.24) is 25.0 Å². The first-order valence-electron chi connectivity index (χ1n) is 10.4. The molecule has 0 unspecified atom stereocenters. The summed E-state index contributed by atoms with van der Waals surface area (Å²) in [5, 5.41) is 14.1. The van der Waals surface area contributed by atoms with Crippen LogP contribution in [0.3, 0.4) is 0 Å². The topological polar surface area (TPSA) is 61.6 Å². The molecule has 9 heteroatoms. The van der Waals surface area contributed by atoms with Gasteiger partial charge in [-0.15, -0.1) is 45.5 Å². The van der Waals surface area contributed by atoms with Gasteiger partial charge in [-0.1, -0.05) is 24.3 Å². The van der Waals surface area contributed by atoms with Crippen molar-refractivity contribution in [1.29, 1.82) is 0 Å². The Morgan fingerprint density at radius 2 is 1.84 bits per heavy atom. The number of thiophene rings is 1. The third-order valence-corrected chi connectivity index (χ3v) is 6.42. The average molecular weight is 552 g/mol. The van der Waals surface area contributed by atoms with Gasteiger partial charge in [-0.3, -0.25) is 0 Å². The number of halogens is 1. The molecule has 0 bridgehead atoms. The zero-order valence-corrected chi connectivity index (χ0v) is 21.2. The highest BCUT2D eigenvalue weighted by Crippen LogP contribution is 2.16. The van der Waals surface area contributed by atoms with Crippen molar-refractivity contribution in [3.63, 3.8) is 0 Å². The molecule has 0 aliphatic carbocycles. The third-order valence-electron chi connectivity index (χ3n) is 5.49. The smallest absolute Gasteiger partial charge is 0.194 e. The van der Waals surface area contributed by atoms with E-state index in [0.717, 1.165) is 56.8 Å². The van der Waals surface area contributed by atoms with Crippen molar-refractivity contribution in [3.8, 4) is 0 Å².